The number of pyridine rings is 1. The van der Waals surface area contributed by atoms with E-state index in [1.165, 1.54) is 0 Å². The Balaban J connectivity index is 1.51. The van der Waals surface area contributed by atoms with Crippen LogP contribution in [0.3, 0.4) is 0 Å². The van der Waals surface area contributed by atoms with Crippen molar-refractivity contribution in [3.05, 3.63) is 17.8 Å². The third kappa shape index (κ3) is 5.29. The minimum Gasteiger partial charge on any atom is -0.381 e. The SMILES string of the molecule is CCCN(CC)C(=O)N[C@H](C(=O)Nc1cc2c(cn1)C1(CCOCC1)C(=O)N2)C1CCC(C)CC1. The van der Waals surface area contributed by atoms with Gasteiger partial charge in [0, 0.05) is 44.1 Å². The van der Waals surface area contributed by atoms with Crippen molar-refractivity contribution in [2.75, 3.05) is 36.9 Å². The molecule has 0 unspecified atom stereocenters. The van der Waals surface area contributed by atoms with E-state index in [4.69, 9.17) is 4.74 Å². The van der Waals surface area contributed by atoms with Crippen LogP contribution in [-0.4, -0.2) is 60.1 Å². The van der Waals surface area contributed by atoms with Crippen LogP contribution >= 0.6 is 0 Å². The molecule has 4 rings (SSSR count). The van der Waals surface area contributed by atoms with E-state index in [9.17, 15) is 14.4 Å². The lowest BCUT2D eigenvalue weighted by Gasteiger charge is -2.33. The van der Waals surface area contributed by atoms with E-state index in [1.54, 1.807) is 17.2 Å². The van der Waals surface area contributed by atoms with Crippen LogP contribution in [0.1, 0.15) is 71.3 Å². The first-order chi connectivity index (χ1) is 16.9. The summed E-state index contributed by atoms with van der Waals surface area (Å²) in [5.74, 6) is 0.802. The van der Waals surface area contributed by atoms with Gasteiger partial charge < -0.3 is 25.6 Å². The number of rotatable bonds is 7. The van der Waals surface area contributed by atoms with E-state index in [2.05, 4.69) is 27.9 Å². The molecule has 35 heavy (non-hydrogen) atoms. The average molecular weight is 486 g/mol. The molecule has 1 atom stereocenters. The normalized spacial score (nSPS) is 23.8. The van der Waals surface area contributed by atoms with Gasteiger partial charge in [-0.2, -0.15) is 0 Å². The Hall–Kier alpha value is -2.68. The van der Waals surface area contributed by atoms with Crippen LogP contribution in [0.2, 0.25) is 0 Å². The van der Waals surface area contributed by atoms with Crippen LogP contribution < -0.4 is 16.0 Å². The van der Waals surface area contributed by atoms with Crippen molar-refractivity contribution >= 4 is 29.4 Å². The molecule has 9 nitrogen and oxygen atoms in total. The van der Waals surface area contributed by atoms with Crippen molar-refractivity contribution in [3.63, 3.8) is 0 Å². The zero-order valence-corrected chi connectivity index (χ0v) is 21.2. The number of nitrogens with zero attached hydrogens (tertiary/aromatic N) is 2. The highest BCUT2D eigenvalue weighted by atomic mass is 16.5. The highest BCUT2D eigenvalue weighted by molar-refractivity contribution is 6.07. The second-order valence-corrected chi connectivity index (χ2v) is 10.3. The Morgan fingerprint density at radius 3 is 2.60 bits per heavy atom. The minimum atomic E-state index is -0.632. The van der Waals surface area contributed by atoms with Crippen LogP contribution in [0.15, 0.2) is 12.3 Å². The molecule has 2 aliphatic heterocycles. The highest BCUT2D eigenvalue weighted by Crippen LogP contribution is 2.44. The lowest BCUT2D eigenvalue weighted by molar-refractivity contribution is -0.124. The molecule has 192 valence electrons. The molecule has 1 saturated carbocycles. The molecule has 1 aromatic rings. The quantitative estimate of drug-likeness (QED) is 0.546. The minimum absolute atomic E-state index is 0.0295. The van der Waals surface area contributed by atoms with Gasteiger partial charge in [0.05, 0.1) is 11.1 Å². The number of anilines is 2. The molecular formula is C26H39N5O4. The molecule has 3 heterocycles. The van der Waals surface area contributed by atoms with Gasteiger partial charge in [0.1, 0.15) is 11.9 Å². The fraction of sp³-hybridized carbons (Fsp3) is 0.692. The van der Waals surface area contributed by atoms with Gasteiger partial charge in [0.25, 0.3) is 0 Å². The topological polar surface area (TPSA) is 113 Å². The third-order valence-corrected chi connectivity index (χ3v) is 7.96. The number of nitrogens with one attached hydrogen (secondary N) is 3. The van der Waals surface area contributed by atoms with E-state index < -0.39 is 11.5 Å². The van der Waals surface area contributed by atoms with Crippen molar-refractivity contribution in [2.24, 2.45) is 11.8 Å². The van der Waals surface area contributed by atoms with Crippen LogP contribution in [-0.2, 0) is 19.7 Å². The van der Waals surface area contributed by atoms with Gasteiger partial charge in [-0.15, -0.1) is 0 Å². The number of ether oxygens (including phenoxy) is 1. The molecule has 0 aromatic carbocycles. The Kier molecular flexibility index (Phi) is 7.94. The predicted molar refractivity (Wildman–Crippen MR) is 134 cm³/mol. The molecule has 9 heteroatoms. The number of amides is 4. The fourth-order valence-corrected chi connectivity index (χ4v) is 5.71. The van der Waals surface area contributed by atoms with Gasteiger partial charge in [0.15, 0.2) is 0 Å². The number of hydrogen-bond donors (Lipinski definition) is 3. The van der Waals surface area contributed by atoms with E-state index >= 15 is 0 Å². The number of hydrogen-bond acceptors (Lipinski definition) is 5. The molecule has 0 bridgehead atoms. The zero-order chi connectivity index (χ0) is 25.0. The summed E-state index contributed by atoms with van der Waals surface area (Å²) in [5.41, 5.74) is 0.962. The number of carbonyl (C=O) groups excluding carboxylic acids is 3. The number of carbonyl (C=O) groups is 3. The number of aromatic nitrogens is 1. The Morgan fingerprint density at radius 1 is 1.23 bits per heavy atom. The summed E-state index contributed by atoms with van der Waals surface area (Å²) in [6, 6.07) is 0.892. The largest absolute Gasteiger partial charge is 0.381 e. The second-order valence-electron chi connectivity index (χ2n) is 10.3. The van der Waals surface area contributed by atoms with Gasteiger partial charge in [-0.25, -0.2) is 9.78 Å². The number of urea groups is 1. The third-order valence-electron chi connectivity index (χ3n) is 7.96. The molecular weight excluding hydrogens is 446 g/mol. The van der Waals surface area contributed by atoms with E-state index in [0.29, 0.717) is 56.6 Å². The molecule has 0 radical (unpaired) electrons. The van der Waals surface area contributed by atoms with Crippen molar-refractivity contribution in [1.82, 2.24) is 15.2 Å². The lowest BCUT2D eigenvalue weighted by atomic mass is 9.76. The molecule has 2 fully saturated rings. The van der Waals surface area contributed by atoms with Crippen molar-refractivity contribution in [3.8, 4) is 0 Å². The van der Waals surface area contributed by atoms with Crippen LogP contribution in [0.25, 0.3) is 0 Å². The summed E-state index contributed by atoms with van der Waals surface area (Å²) in [7, 11) is 0. The average Bonchev–Trinajstić information content (AvgIpc) is 3.11. The smallest absolute Gasteiger partial charge is 0.318 e. The van der Waals surface area contributed by atoms with Crippen LogP contribution in [0.4, 0.5) is 16.3 Å². The molecule has 1 spiro atoms. The van der Waals surface area contributed by atoms with Gasteiger partial charge in [-0.05, 0) is 50.9 Å². The monoisotopic (exact) mass is 485 g/mol. The Bertz CT molecular complexity index is 938. The molecule has 3 aliphatic rings. The maximum Gasteiger partial charge on any atom is 0.318 e. The first-order valence-electron chi connectivity index (χ1n) is 13.1. The fourth-order valence-electron chi connectivity index (χ4n) is 5.71. The maximum absolute atomic E-state index is 13.5. The summed E-state index contributed by atoms with van der Waals surface area (Å²) in [6.45, 7) is 8.54. The molecule has 3 N–H and O–H groups in total. The van der Waals surface area contributed by atoms with Crippen molar-refractivity contribution in [2.45, 2.75) is 77.2 Å². The van der Waals surface area contributed by atoms with Crippen molar-refractivity contribution in [1.29, 1.82) is 0 Å². The zero-order valence-electron chi connectivity index (χ0n) is 21.2. The highest BCUT2D eigenvalue weighted by Gasteiger charge is 2.48. The van der Waals surface area contributed by atoms with Crippen LogP contribution in [0.5, 0.6) is 0 Å². The summed E-state index contributed by atoms with van der Waals surface area (Å²) in [6.07, 6.45) is 7.70. The summed E-state index contributed by atoms with van der Waals surface area (Å²) in [5, 5.41) is 8.92. The molecule has 1 aromatic heterocycles. The van der Waals surface area contributed by atoms with Gasteiger partial charge in [-0.3, -0.25) is 9.59 Å². The predicted octanol–water partition coefficient (Wildman–Crippen LogP) is 3.66. The second kappa shape index (κ2) is 10.9. The first kappa shape index (κ1) is 25.4. The number of fused-ring (bicyclic) bond motifs is 2. The van der Waals surface area contributed by atoms with Gasteiger partial charge >= 0.3 is 6.03 Å². The Labute approximate surface area is 207 Å². The van der Waals surface area contributed by atoms with Gasteiger partial charge in [0.2, 0.25) is 11.8 Å². The standard InChI is InChI=1S/C26H39N5O4/c1-4-12-31(5-2)25(34)30-22(18-8-6-17(3)7-9-18)23(32)29-21-15-20-19(16-27-21)26(24(33)28-20)10-13-35-14-11-26/h15-18,22H,4-14H2,1-3H3,(H,28,33)(H,30,34)(H,27,29,32)/t17?,18?,22-/m0/s1. The first-order valence-corrected chi connectivity index (χ1v) is 13.1. The molecule has 1 aliphatic carbocycles. The molecule has 1 saturated heterocycles. The van der Waals surface area contributed by atoms with Crippen molar-refractivity contribution < 1.29 is 19.1 Å². The summed E-state index contributed by atoms with van der Waals surface area (Å²) >= 11 is 0. The summed E-state index contributed by atoms with van der Waals surface area (Å²) < 4.78 is 5.46. The van der Waals surface area contributed by atoms with E-state index in [0.717, 1.165) is 37.7 Å². The Morgan fingerprint density at radius 2 is 1.94 bits per heavy atom. The van der Waals surface area contributed by atoms with Crippen LogP contribution in [0, 0.1) is 11.8 Å². The van der Waals surface area contributed by atoms with E-state index in [-0.39, 0.29) is 23.8 Å². The van der Waals surface area contributed by atoms with E-state index in [1.807, 2.05) is 13.8 Å². The lowest BCUT2D eigenvalue weighted by Crippen LogP contribution is -2.53. The molecule has 4 amide bonds. The summed E-state index contributed by atoms with van der Waals surface area (Å²) in [4.78, 5) is 45.5. The maximum atomic E-state index is 13.5. The van der Waals surface area contributed by atoms with Gasteiger partial charge in [-0.1, -0.05) is 26.7 Å².